The molecule has 0 spiro atoms. The Labute approximate surface area is 132 Å². The predicted octanol–water partition coefficient (Wildman–Crippen LogP) is 6.44. The third-order valence-corrected chi connectivity index (χ3v) is 6.62. The second kappa shape index (κ2) is 5.61. The molecule has 0 radical (unpaired) electrons. The third-order valence-electron chi connectivity index (χ3n) is 3.09. The third kappa shape index (κ3) is 2.67. The molecule has 0 aliphatic heterocycles. The van der Waals surface area contributed by atoms with E-state index in [2.05, 4.69) is 56.1 Å². The molecular formula is C14H12Br2S2. The summed E-state index contributed by atoms with van der Waals surface area (Å²) in [6, 6.07) is 4.57. The minimum atomic E-state index is 1.14. The minimum absolute atomic E-state index is 1.14. The summed E-state index contributed by atoms with van der Waals surface area (Å²) < 4.78 is 2.48. The van der Waals surface area contributed by atoms with Crippen molar-refractivity contribution >= 4 is 54.5 Å². The Hall–Kier alpha value is 0.1000. The van der Waals surface area contributed by atoms with Gasteiger partial charge in [-0.15, -0.1) is 22.7 Å². The summed E-state index contributed by atoms with van der Waals surface area (Å²) in [6.07, 6.45) is 9.23. The zero-order chi connectivity index (χ0) is 12.5. The van der Waals surface area contributed by atoms with Gasteiger partial charge in [0.2, 0.25) is 0 Å². The maximum Gasteiger partial charge on any atom is 0.0708 e. The molecule has 0 saturated heterocycles. The van der Waals surface area contributed by atoms with E-state index in [0.29, 0.717) is 0 Å². The van der Waals surface area contributed by atoms with E-state index in [1.165, 1.54) is 28.5 Å². The maximum absolute atomic E-state index is 3.63. The van der Waals surface area contributed by atoms with E-state index < -0.39 is 0 Å². The monoisotopic (exact) mass is 402 g/mol. The van der Waals surface area contributed by atoms with Crippen LogP contribution >= 0.6 is 54.5 Å². The number of fused-ring (bicyclic) bond motifs is 3. The van der Waals surface area contributed by atoms with Crippen LogP contribution in [-0.2, 0) is 12.8 Å². The number of hydrogen-bond donors (Lipinski definition) is 0. The zero-order valence-electron chi connectivity index (χ0n) is 9.71. The van der Waals surface area contributed by atoms with Crippen molar-refractivity contribution in [3.8, 4) is 9.75 Å². The summed E-state index contributed by atoms with van der Waals surface area (Å²) >= 11 is 11.0. The van der Waals surface area contributed by atoms with Crippen molar-refractivity contribution in [2.45, 2.75) is 25.7 Å². The van der Waals surface area contributed by atoms with Crippen LogP contribution in [0.2, 0.25) is 0 Å². The SMILES string of the molecule is Brc1cc2c(s1)-c1sc(Br)cc1CC/C=C/CC2. The number of aryl methyl sites for hydroxylation is 2. The van der Waals surface area contributed by atoms with Crippen LogP contribution < -0.4 is 0 Å². The van der Waals surface area contributed by atoms with Crippen molar-refractivity contribution in [1.29, 1.82) is 0 Å². The van der Waals surface area contributed by atoms with Crippen LogP contribution in [0.15, 0.2) is 31.9 Å². The molecule has 2 aromatic rings. The molecule has 1 aliphatic carbocycles. The van der Waals surface area contributed by atoms with Crippen LogP contribution in [0, 0.1) is 0 Å². The molecule has 0 nitrogen and oxygen atoms in total. The van der Waals surface area contributed by atoms with Gasteiger partial charge in [-0.2, -0.15) is 0 Å². The fourth-order valence-corrected chi connectivity index (χ4v) is 5.86. The summed E-state index contributed by atoms with van der Waals surface area (Å²) in [6.45, 7) is 0. The molecule has 4 heteroatoms. The van der Waals surface area contributed by atoms with Gasteiger partial charge in [0.1, 0.15) is 0 Å². The van der Waals surface area contributed by atoms with Gasteiger partial charge in [-0.3, -0.25) is 0 Å². The van der Waals surface area contributed by atoms with E-state index in [1.54, 1.807) is 0 Å². The van der Waals surface area contributed by atoms with Crippen molar-refractivity contribution in [1.82, 2.24) is 0 Å². The Balaban J connectivity index is 2.15. The molecule has 0 aromatic carbocycles. The first kappa shape index (κ1) is 13.1. The number of hydrogen-bond acceptors (Lipinski definition) is 2. The molecule has 2 heterocycles. The molecule has 0 fully saturated rings. The fraction of sp³-hybridized carbons (Fsp3) is 0.286. The molecule has 3 rings (SSSR count). The average molecular weight is 404 g/mol. The molecule has 0 saturated carbocycles. The lowest BCUT2D eigenvalue weighted by molar-refractivity contribution is 0.959. The number of halogens is 2. The normalized spacial score (nSPS) is 17.0. The van der Waals surface area contributed by atoms with Crippen molar-refractivity contribution in [3.63, 3.8) is 0 Å². The van der Waals surface area contributed by atoms with Gasteiger partial charge in [-0.25, -0.2) is 0 Å². The summed E-state index contributed by atoms with van der Waals surface area (Å²) in [7, 11) is 0. The van der Waals surface area contributed by atoms with Crippen molar-refractivity contribution in [3.05, 3.63) is 43.0 Å². The van der Waals surface area contributed by atoms with E-state index >= 15 is 0 Å². The van der Waals surface area contributed by atoms with Gasteiger partial charge in [-0.05, 0) is 80.8 Å². The average Bonchev–Trinajstić information content (AvgIpc) is 2.86. The Morgan fingerprint density at radius 1 is 0.778 bits per heavy atom. The zero-order valence-corrected chi connectivity index (χ0v) is 14.5. The summed E-state index contributed by atoms with van der Waals surface area (Å²) in [5.74, 6) is 0. The summed E-state index contributed by atoms with van der Waals surface area (Å²) in [4.78, 5) is 2.92. The molecule has 2 aromatic heterocycles. The molecule has 0 amide bonds. The highest BCUT2D eigenvalue weighted by Gasteiger charge is 2.16. The lowest BCUT2D eigenvalue weighted by Crippen LogP contribution is -1.89. The van der Waals surface area contributed by atoms with Gasteiger partial charge in [0, 0.05) is 9.75 Å². The Morgan fingerprint density at radius 3 is 1.67 bits per heavy atom. The van der Waals surface area contributed by atoms with E-state index in [1.807, 2.05) is 22.7 Å². The predicted molar refractivity (Wildman–Crippen MR) is 88.8 cm³/mol. The van der Waals surface area contributed by atoms with Crippen LogP contribution in [0.3, 0.4) is 0 Å². The Morgan fingerprint density at radius 2 is 1.22 bits per heavy atom. The van der Waals surface area contributed by atoms with E-state index in [0.717, 1.165) is 25.7 Å². The second-order valence-corrected chi connectivity index (χ2v) is 9.22. The lowest BCUT2D eigenvalue weighted by atomic mass is 10.0. The maximum atomic E-state index is 3.63. The van der Waals surface area contributed by atoms with Gasteiger partial charge >= 0.3 is 0 Å². The van der Waals surface area contributed by atoms with Gasteiger partial charge in [0.25, 0.3) is 0 Å². The largest absolute Gasteiger partial charge is 0.127 e. The first-order valence-corrected chi connectivity index (χ1v) is 9.18. The molecule has 94 valence electrons. The Kier molecular flexibility index (Phi) is 4.09. The second-order valence-electron chi connectivity index (χ2n) is 4.36. The van der Waals surface area contributed by atoms with Gasteiger partial charge < -0.3 is 0 Å². The lowest BCUT2D eigenvalue weighted by Gasteiger charge is -2.05. The molecule has 0 atom stereocenters. The van der Waals surface area contributed by atoms with Crippen molar-refractivity contribution < 1.29 is 0 Å². The van der Waals surface area contributed by atoms with Crippen molar-refractivity contribution in [2.75, 3.05) is 0 Å². The van der Waals surface area contributed by atoms with Crippen LogP contribution in [0.4, 0.5) is 0 Å². The van der Waals surface area contributed by atoms with Crippen LogP contribution in [-0.4, -0.2) is 0 Å². The first-order valence-electron chi connectivity index (χ1n) is 5.96. The molecule has 1 aliphatic rings. The molecule has 0 bridgehead atoms. The first-order chi connectivity index (χ1) is 8.74. The van der Waals surface area contributed by atoms with Crippen LogP contribution in [0.1, 0.15) is 24.0 Å². The quantitative estimate of drug-likeness (QED) is 0.444. The topological polar surface area (TPSA) is 0 Å². The van der Waals surface area contributed by atoms with E-state index in [9.17, 15) is 0 Å². The smallest absolute Gasteiger partial charge is 0.0708 e. The molecular weight excluding hydrogens is 392 g/mol. The number of allylic oxidation sites excluding steroid dienone is 2. The highest BCUT2D eigenvalue weighted by Crippen LogP contribution is 2.44. The highest BCUT2D eigenvalue weighted by molar-refractivity contribution is 9.11. The van der Waals surface area contributed by atoms with Crippen LogP contribution in [0.25, 0.3) is 9.75 Å². The standard InChI is InChI=1S/C14H12Br2S2/c15-11-7-9-5-3-1-2-4-6-10-8-12(16)18-14(10)13(9)17-11/h1-2,7-8H,3-6H2/b2-1+. The molecule has 0 unspecified atom stereocenters. The summed E-state index contributed by atoms with van der Waals surface area (Å²) in [5, 5.41) is 0. The van der Waals surface area contributed by atoms with E-state index in [4.69, 9.17) is 0 Å². The Bertz CT molecular complexity index is 541. The van der Waals surface area contributed by atoms with Crippen molar-refractivity contribution in [2.24, 2.45) is 0 Å². The minimum Gasteiger partial charge on any atom is -0.127 e. The van der Waals surface area contributed by atoms with E-state index in [-0.39, 0.29) is 0 Å². The molecule has 18 heavy (non-hydrogen) atoms. The number of thiophene rings is 2. The summed E-state index contributed by atoms with van der Waals surface area (Å²) in [5.41, 5.74) is 2.96. The highest BCUT2D eigenvalue weighted by atomic mass is 79.9. The molecule has 0 N–H and O–H groups in total. The fourth-order valence-electron chi connectivity index (χ4n) is 2.26. The van der Waals surface area contributed by atoms with Gasteiger partial charge in [0.15, 0.2) is 0 Å². The number of rotatable bonds is 0. The van der Waals surface area contributed by atoms with Crippen LogP contribution in [0.5, 0.6) is 0 Å². The van der Waals surface area contributed by atoms with Gasteiger partial charge in [-0.1, -0.05) is 12.2 Å². The van der Waals surface area contributed by atoms with Gasteiger partial charge in [0.05, 0.1) is 7.57 Å².